The average Bonchev–Trinajstić information content (AvgIpc) is 2.89. The summed E-state index contributed by atoms with van der Waals surface area (Å²) in [5.74, 6) is 0.915. The van der Waals surface area contributed by atoms with Gasteiger partial charge < -0.3 is 14.3 Å². The highest BCUT2D eigenvalue weighted by molar-refractivity contribution is 9.10. The van der Waals surface area contributed by atoms with Gasteiger partial charge in [0.1, 0.15) is 5.82 Å². The van der Waals surface area contributed by atoms with Crippen LogP contribution in [0.15, 0.2) is 81.2 Å². The molecule has 0 aliphatic heterocycles. The number of benzene rings is 3. The van der Waals surface area contributed by atoms with Gasteiger partial charge in [0, 0.05) is 10.9 Å². The minimum Gasteiger partial charge on any atom is -0.493 e. The third-order valence-corrected chi connectivity index (χ3v) is 5.76. The summed E-state index contributed by atoms with van der Waals surface area (Å²) in [7, 11) is 3.10. The first-order valence-corrected chi connectivity index (χ1v) is 11.7. The van der Waals surface area contributed by atoms with E-state index in [-0.39, 0.29) is 13.0 Å². The van der Waals surface area contributed by atoms with Crippen LogP contribution in [0.1, 0.15) is 17.0 Å². The number of oxime groups is 1. The molecule has 0 radical (unpaired) electrons. The van der Waals surface area contributed by atoms with Crippen LogP contribution in [-0.4, -0.2) is 42.6 Å². The molecular formula is C26H23BrN4O5. The number of nitrogens with one attached hydrogen (secondary N) is 1. The number of hydrogen-bond donors (Lipinski definition) is 1. The first kappa shape index (κ1) is 24.9. The number of halogens is 1. The Morgan fingerprint density at radius 1 is 1.06 bits per heavy atom. The SMILES string of the molecule is COc1ccc(Cc2nc3ccccc3c(=O)n2NC(=O)CON=Cc2ccc(Br)cc2)cc1OC. The lowest BCUT2D eigenvalue weighted by molar-refractivity contribution is -0.121. The standard InChI is InChI=1S/C26H23BrN4O5/c1-34-22-12-9-18(13-23(22)35-2)14-24-29-21-6-4-3-5-20(21)26(33)31(24)30-25(32)16-36-28-15-17-7-10-19(27)11-8-17/h3-13,15H,14,16H2,1-2H3,(H,30,32). The highest BCUT2D eigenvalue weighted by Crippen LogP contribution is 2.28. The lowest BCUT2D eigenvalue weighted by Crippen LogP contribution is -2.38. The van der Waals surface area contributed by atoms with Crippen molar-refractivity contribution < 1.29 is 19.1 Å². The van der Waals surface area contributed by atoms with Crippen LogP contribution in [-0.2, 0) is 16.1 Å². The van der Waals surface area contributed by atoms with Crippen molar-refractivity contribution in [2.75, 3.05) is 26.3 Å². The van der Waals surface area contributed by atoms with E-state index in [1.165, 1.54) is 6.21 Å². The Kier molecular flexibility index (Phi) is 7.96. The van der Waals surface area contributed by atoms with Crippen LogP contribution in [0, 0.1) is 0 Å². The van der Waals surface area contributed by atoms with Crippen molar-refractivity contribution in [3.05, 3.63) is 98.5 Å². The smallest absolute Gasteiger partial charge is 0.280 e. The number of methoxy groups -OCH3 is 2. The maximum Gasteiger partial charge on any atom is 0.280 e. The fraction of sp³-hybridized carbons (Fsp3) is 0.154. The third-order valence-electron chi connectivity index (χ3n) is 5.23. The van der Waals surface area contributed by atoms with Crippen molar-refractivity contribution in [2.45, 2.75) is 6.42 Å². The van der Waals surface area contributed by atoms with Crippen molar-refractivity contribution in [3.63, 3.8) is 0 Å². The molecule has 10 heteroatoms. The zero-order valence-corrected chi connectivity index (χ0v) is 21.2. The number of carbonyl (C=O) groups is 1. The Labute approximate surface area is 215 Å². The second kappa shape index (κ2) is 11.5. The monoisotopic (exact) mass is 550 g/mol. The second-order valence-corrected chi connectivity index (χ2v) is 8.56. The Balaban J connectivity index is 1.56. The van der Waals surface area contributed by atoms with E-state index in [4.69, 9.17) is 14.3 Å². The molecule has 0 saturated carbocycles. The van der Waals surface area contributed by atoms with Crippen molar-refractivity contribution in [1.29, 1.82) is 0 Å². The van der Waals surface area contributed by atoms with Gasteiger partial charge in [0.15, 0.2) is 18.1 Å². The van der Waals surface area contributed by atoms with Crippen molar-refractivity contribution in [2.24, 2.45) is 5.16 Å². The van der Waals surface area contributed by atoms with E-state index in [0.29, 0.717) is 28.2 Å². The Morgan fingerprint density at radius 3 is 2.56 bits per heavy atom. The minimum atomic E-state index is -0.560. The number of aromatic nitrogens is 2. The van der Waals surface area contributed by atoms with Crippen LogP contribution in [0.2, 0.25) is 0 Å². The predicted molar refractivity (Wildman–Crippen MR) is 140 cm³/mol. The molecule has 0 spiro atoms. The highest BCUT2D eigenvalue weighted by Gasteiger charge is 2.15. The molecule has 4 aromatic rings. The normalized spacial score (nSPS) is 11.0. The number of rotatable bonds is 9. The van der Waals surface area contributed by atoms with E-state index < -0.39 is 11.5 Å². The van der Waals surface area contributed by atoms with E-state index in [2.05, 4.69) is 31.5 Å². The molecule has 0 aliphatic rings. The zero-order valence-electron chi connectivity index (χ0n) is 19.6. The summed E-state index contributed by atoms with van der Waals surface area (Å²) in [6.07, 6.45) is 1.75. The molecule has 0 unspecified atom stereocenters. The molecule has 1 amide bonds. The number of fused-ring (bicyclic) bond motifs is 1. The predicted octanol–water partition coefficient (Wildman–Crippen LogP) is 3.89. The van der Waals surface area contributed by atoms with E-state index in [9.17, 15) is 9.59 Å². The number of amides is 1. The number of carbonyl (C=O) groups excluding carboxylic acids is 1. The fourth-order valence-electron chi connectivity index (χ4n) is 3.49. The van der Waals surface area contributed by atoms with E-state index in [1.54, 1.807) is 50.6 Å². The first-order valence-electron chi connectivity index (χ1n) is 10.9. The van der Waals surface area contributed by atoms with Gasteiger partial charge in [0.05, 0.1) is 31.3 Å². The summed E-state index contributed by atoms with van der Waals surface area (Å²) in [5.41, 5.74) is 4.34. The molecule has 4 rings (SSSR count). The average molecular weight is 551 g/mol. The molecule has 0 aliphatic carbocycles. The van der Waals surface area contributed by atoms with Gasteiger partial charge in [-0.3, -0.25) is 15.0 Å². The van der Waals surface area contributed by atoms with Crippen LogP contribution < -0.4 is 20.5 Å². The first-order chi connectivity index (χ1) is 17.5. The molecule has 1 heterocycles. The molecule has 0 fully saturated rings. The van der Waals surface area contributed by atoms with Gasteiger partial charge in [0.25, 0.3) is 11.5 Å². The lowest BCUT2D eigenvalue weighted by atomic mass is 10.1. The quantitative estimate of drug-likeness (QED) is 0.250. The summed E-state index contributed by atoms with van der Waals surface area (Å²) in [6.45, 7) is -0.387. The van der Waals surface area contributed by atoms with Gasteiger partial charge in [-0.25, -0.2) is 9.66 Å². The van der Waals surface area contributed by atoms with Crippen LogP contribution in [0.5, 0.6) is 11.5 Å². The maximum absolute atomic E-state index is 13.2. The molecule has 184 valence electrons. The zero-order chi connectivity index (χ0) is 25.5. The minimum absolute atomic E-state index is 0.253. The lowest BCUT2D eigenvalue weighted by Gasteiger charge is -2.15. The van der Waals surface area contributed by atoms with E-state index in [0.717, 1.165) is 20.3 Å². The van der Waals surface area contributed by atoms with E-state index >= 15 is 0 Å². The molecule has 1 aromatic heterocycles. The molecule has 36 heavy (non-hydrogen) atoms. The van der Waals surface area contributed by atoms with Crippen molar-refractivity contribution >= 4 is 39.0 Å². The number of para-hydroxylation sites is 1. The van der Waals surface area contributed by atoms with Crippen molar-refractivity contribution in [3.8, 4) is 11.5 Å². The maximum atomic E-state index is 13.2. The van der Waals surface area contributed by atoms with Gasteiger partial charge in [-0.15, -0.1) is 0 Å². The van der Waals surface area contributed by atoms with Crippen LogP contribution >= 0.6 is 15.9 Å². The molecule has 1 N–H and O–H groups in total. The molecule has 9 nitrogen and oxygen atoms in total. The second-order valence-electron chi connectivity index (χ2n) is 7.65. The molecule has 0 saturated heterocycles. The summed E-state index contributed by atoms with van der Waals surface area (Å²) >= 11 is 3.37. The van der Waals surface area contributed by atoms with E-state index in [1.807, 2.05) is 30.3 Å². The van der Waals surface area contributed by atoms with Gasteiger partial charge in [0.2, 0.25) is 0 Å². The summed E-state index contributed by atoms with van der Waals surface area (Å²) in [6, 6.07) is 19.8. The Hall–Kier alpha value is -4.18. The number of nitrogens with zero attached hydrogens (tertiary/aromatic N) is 3. The fourth-order valence-corrected chi connectivity index (χ4v) is 3.75. The molecule has 0 atom stereocenters. The number of ether oxygens (including phenoxy) is 2. The Morgan fingerprint density at radius 2 is 1.81 bits per heavy atom. The molecule has 0 bridgehead atoms. The molecule has 3 aromatic carbocycles. The summed E-state index contributed by atoms with van der Waals surface area (Å²) in [5, 5.41) is 4.20. The van der Waals surface area contributed by atoms with Gasteiger partial charge in [-0.05, 0) is 47.5 Å². The van der Waals surface area contributed by atoms with Crippen LogP contribution in [0.25, 0.3) is 10.9 Å². The molecular weight excluding hydrogens is 528 g/mol. The Bertz CT molecular complexity index is 1470. The third kappa shape index (κ3) is 5.89. The van der Waals surface area contributed by atoms with Crippen molar-refractivity contribution in [1.82, 2.24) is 9.66 Å². The van der Waals surface area contributed by atoms with Gasteiger partial charge in [-0.2, -0.15) is 0 Å². The van der Waals surface area contributed by atoms with Gasteiger partial charge in [-0.1, -0.05) is 51.4 Å². The topological polar surface area (TPSA) is 104 Å². The van der Waals surface area contributed by atoms with Crippen LogP contribution in [0.3, 0.4) is 0 Å². The van der Waals surface area contributed by atoms with Crippen LogP contribution in [0.4, 0.5) is 0 Å². The highest BCUT2D eigenvalue weighted by atomic mass is 79.9. The number of hydrogen-bond acceptors (Lipinski definition) is 7. The summed E-state index contributed by atoms with van der Waals surface area (Å²) < 4.78 is 12.8. The van der Waals surface area contributed by atoms with Gasteiger partial charge >= 0.3 is 0 Å². The summed E-state index contributed by atoms with van der Waals surface area (Å²) in [4.78, 5) is 35.6. The largest absolute Gasteiger partial charge is 0.493 e.